The van der Waals surface area contributed by atoms with Gasteiger partial charge in [-0.25, -0.2) is 0 Å². The number of alkyl halides is 3. The summed E-state index contributed by atoms with van der Waals surface area (Å²) in [6, 6.07) is 8.38. The third-order valence-electron chi connectivity index (χ3n) is 4.10. The number of ether oxygens (including phenoxy) is 1. The van der Waals surface area contributed by atoms with Crippen molar-refractivity contribution < 1.29 is 17.9 Å². The topological polar surface area (TPSA) is 24.5 Å². The zero-order chi connectivity index (χ0) is 17.2. The Labute approximate surface area is 143 Å². The van der Waals surface area contributed by atoms with Gasteiger partial charge in [0, 0.05) is 31.1 Å². The predicted molar refractivity (Wildman–Crippen MR) is 88.5 cm³/mol. The molecule has 1 aromatic heterocycles. The molecule has 0 amide bonds. The fourth-order valence-electron chi connectivity index (χ4n) is 2.98. The normalized spacial score (nSPS) is 17.7. The maximum Gasteiger partial charge on any atom is 0.573 e. The van der Waals surface area contributed by atoms with Crippen LogP contribution in [0.1, 0.15) is 22.0 Å². The minimum Gasteiger partial charge on any atom is -0.406 e. The molecule has 1 aromatic carbocycles. The summed E-state index contributed by atoms with van der Waals surface area (Å²) in [5, 5.41) is 5.39. The second kappa shape index (κ2) is 7.13. The first-order chi connectivity index (χ1) is 11.4. The van der Waals surface area contributed by atoms with Crippen LogP contribution in [-0.2, 0) is 0 Å². The molecule has 0 saturated carbocycles. The summed E-state index contributed by atoms with van der Waals surface area (Å²) in [6.07, 6.45) is -4.66. The second-order valence-corrected chi connectivity index (χ2v) is 6.72. The van der Waals surface area contributed by atoms with E-state index in [1.807, 2.05) is 0 Å². The average Bonchev–Trinajstić information content (AvgIpc) is 2.95. The van der Waals surface area contributed by atoms with Crippen molar-refractivity contribution in [1.29, 1.82) is 0 Å². The summed E-state index contributed by atoms with van der Waals surface area (Å²) in [5.74, 6) is -0.187. The molecule has 7 heteroatoms. The molecule has 130 valence electrons. The summed E-state index contributed by atoms with van der Waals surface area (Å²) < 4.78 is 41.0. The number of nitrogens with zero attached hydrogens (tertiary/aromatic N) is 1. The van der Waals surface area contributed by atoms with Gasteiger partial charge in [-0.1, -0.05) is 12.1 Å². The van der Waals surface area contributed by atoms with Crippen LogP contribution >= 0.6 is 11.3 Å². The van der Waals surface area contributed by atoms with Crippen molar-refractivity contribution in [2.75, 3.05) is 26.2 Å². The monoisotopic (exact) mass is 356 g/mol. The van der Waals surface area contributed by atoms with Crippen LogP contribution in [0.5, 0.6) is 5.75 Å². The van der Waals surface area contributed by atoms with Crippen LogP contribution in [0.2, 0.25) is 0 Å². The van der Waals surface area contributed by atoms with Crippen molar-refractivity contribution in [2.24, 2.45) is 0 Å². The van der Waals surface area contributed by atoms with Crippen LogP contribution in [0.25, 0.3) is 0 Å². The van der Waals surface area contributed by atoms with Crippen LogP contribution < -0.4 is 10.1 Å². The van der Waals surface area contributed by atoms with Gasteiger partial charge in [0.05, 0.1) is 6.04 Å². The fourth-order valence-corrected chi connectivity index (χ4v) is 4.07. The van der Waals surface area contributed by atoms with E-state index in [1.165, 1.54) is 22.6 Å². The molecule has 0 unspecified atom stereocenters. The molecule has 2 aromatic rings. The van der Waals surface area contributed by atoms with Gasteiger partial charge in [0.15, 0.2) is 0 Å². The fraction of sp³-hybridized carbons (Fsp3) is 0.412. The number of halogens is 3. The molecule has 1 fully saturated rings. The van der Waals surface area contributed by atoms with Crippen LogP contribution in [-0.4, -0.2) is 37.4 Å². The quantitative estimate of drug-likeness (QED) is 0.898. The van der Waals surface area contributed by atoms with Gasteiger partial charge >= 0.3 is 6.36 Å². The standard InChI is InChI=1S/C17H19F3N2OS/c1-12-6-11-24-16(12)15(22-9-7-21-8-10-22)13-2-4-14(5-3-13)23-17(18,19)20/h2-6,11,15,21H,7-10H2,1H3/t15-/m0/s1. The van der Waals surface area contributed by atoms with Gasteiger partial charge in [-0.2, -0.15) is 0 Å². The lowest BCUT2D eigenvalue weighted by Crippen LogP contribution is -2.45. The number of hydrogen-bond acceptors (Lipinski definition) is 4. The predicted octanol–water partition coefficient (Wildman–Crippen LogP) is 3.95. The Morgan fingerprint density at radius 2 is 1.79 bits per heavy atom. The molecule has 0 spiro atoms. The van der Waals surface area contributed by atoms with Gasteiger partial charge in [-0.15, -0.1) is 24.5 Å². The molecule has 1 N–H and O–H groups in total. The summed E-state index contributed by atoms with van der Waals surface area (Å²) in [7, 11) is 0. The number of thiophene rings is 1. The van der Waals surface area contributed by atoms with Gasteiger partial charge < -0.3 is 10.1 Å². The molecule has 1 aliphatic heterocycles. The molecule has 0 bridgehead atoms. The SMILES string of the molecule is Cc1ccsc1[C@H](c1ccc(OC(F)(F)F)cc1)N1CCNCC1. The molecule has 1 aliphatic rings. The number of nitrogens with one attached hydrogen (secondary N) is 1. The third kappa shape index (κ3) is 4.09. The van der Waals surface area contributed by atoms with E-state index in [-0.39, 0.29) is 11.8 Å². The van der Waals surface area contributed by atoms with Crippen molar-refractivity contribution in [2.45, 2.75) is 19.3 Å². The average molecular weight is 356 g/mol. The highest BCUT2D eigenvalue weighted by atomic mass is 32.1. The Balaban J connectivity index is 1.89. The van der Waals surface area contributed by atoms with E-state index in [4.69, 9.17) is 0 Å². The van der Waals surface area contributed by atoms with Crippen molar-refractivity contribution in [3.8, 4) is 5.75 Å². The van der Waals surface area contributed by atoms with E-state index >= 15 is 0 Å². The zero-order valence-corrected chi connectivity index (χ0v) is 14.1. The lowest BCUT2D eigenvalue weighted by molar-refractivity contribution is -0.274. The van der Waals surface area contributed by atoms with Gasteiger partial charge in [0.1, 0.15) is 5.75 Å². The summed E-state index contributed by atoms with van der Waals surface area (Å²) in [5.41, 5.74) is 2.19. The van der Waals surface area contributed by atoms with Gasteiger partial charge in [0.25, 0.3) is 0 Å². The number of hydrogen-bond donors (Lipinski definition) is 1. The molecule has 3 rings (SSSR count). The van der Waals surface area contributed by atoms with Crippen molar-refractivity contribution in [3.05, 3.63) is 51.7 Å². The van der Waals surface area contributed by atoms with E-state index in [2.05, 4.69) is 33.3 Å². The first-order valence-corrected chi connectivity index (χ1v) is 8.66. The van der Waals surface area contributed by atoms with Crippen molar-refractivity contribution >= 4 is 11.3 Å². The molecule has 1 atom stereocenters. The van der Waals surface area contributed by atoms with Crippen molar-refractivity contribution in [1.82, 2.24) is 10.2 Å². The Bertz CT molecular complexity index is 663. The minimum absolute atomic E-state index is 0.0621. The maximum atomic E-state index is 12.3. The van der Waals surface area contributed by atoms with Crippen molar-refractivity contribution in [3.63, 3.8) is 0 Å². The van der Waals surface area contributed by atoms with Crippen LogP contribution in [0.15, 0.2) is 35.7 Å². The lowest BCUT2D eigenvalue weighted by Gasteiger charge is -2.35. The van der Waals surface area contributed by atoms with Crippen LogP contribution in [0.4, 0.5) is 13.2 Å². The molecular weight excluding hydrogens is 337 g/mol. The molecule has 1 saturated heterocycles. The lowest BCUT2D eigenvalue weighted by atomic mass is 10.0. The van der Waals surface area contributed by atoms with Gasteiger partial charge in [0.2, 0.25) is 0 Å². The molecule has 0 aliphatic carbocycles. The Morgan fingerprint density at radius 3 is 2.33 bits per heavy atom. The maximum absolute atomic E-state index is 12.3. The number of rotatable bonds is 4. The zero-order valence-electron chi connectivity index (χ0n) is 13.3. The number of aryl methyl sites for hydroxylation is 1. The van der Waals surface area contributed by atoms with Crippen LogP contribution in [0.3, 0.4) is 0 Å². The Kier molecular flexibility index (Phi) is 5.12. The van der Waals surface area contributed by atoms with Crippen LogP contribution in [0, 0.1) is 6.92 Å². The third-order valence-corrected chi connectivity index (χ3v) is 5.17. The number of benzene rings is 1. The summed E-state index contributed by atoms with van der Waals surface area (Å²) >= 11 is 1.69. The van der Waals surface area contributed by atoms with Gasteiger partial charge in [-0.3, -0.25) is 4.90 Å². The van der Waals surface area contributed by atoms with E-state index < -0.39 is 6.36 Å². The first-order valence-electron chi connectivity index (χ1n) is 7.78. The molecule has 3 nitrogen and oxygen atoms in total. The van der Waals surface area contributed by atoms with E-state index in [1.54, 1.807) is 23.5 Å². The second-order valence-electron chi connectivity index (χ2n) is 5.77. The summed E-state index contributed by atoms with van der Waals surface area (Å²) in [6.45, 7) is 5.71. The van der Waals surface area contributed by atoms with E-state index in [0.29, 0.717) is 0 Å². The minimum atomic E-state index is -4.66. The highest BCUT2D eigenvalue weighted by Crippen LogP contribution is 2.35. The molecule has 0 radical (unpaired) electrons. The van der Waals surface area contributed by atoms with E-state index in [0.717, 1.165) is 31.7 Å². The smallest absolute Gasteiger partial charge is 0.406 e. The highest BCUT2D eigenvalue weighted by Gasteiger charge is 2.31. The Hall–Kier alpha value is -1.57. The van der Waals surface area contributed by atoms with Gasteiger partial charge in [-0.05, 0) is 41.6 Å². The number of piperazine rings is 1. The largest absolute Gasteiger partial charge is 0.573 e. The Morgan fingerprint density at radius 1 is 1.12 bits per heavy atom. The summed E-state index contributed by atoms with van der Waals surface area (Å²) in [4.78, 5) is 3.61. The highest BCUT2D eigenvalue weighted by molar-refractivity contribution is 7.10. The molecule has 2 heterocycles. The molecular formula is C17H19F3N2OS. The van der Waals surface area contributed by atoms with E-state index in [9.17, 15) is 13.2 Å². The first kappa shape index (κ1) is 17.3. The molecule has 24 heavy (non-hydrogen) atoms.